The highest BCUT2D eigenvalue weighted by atomic mass is 16.4. The van der Waals surface area contributed by atoms with Crippen molar-refractivity contribution in [1.82, 2.24) is 10.2 Å². The molecule has 8 fully saturated rings. The van der Waals surface area contributed by atoms with Gasteiger partial charge in [0, 0.05) is 25.9 Å². The number of carbonyl (C=O) groups excluding carboxylic acids is 1. The van der Waals surface area contributed by atoms with Crippen molar-refractivity contribution in [2.75, 3.05) is 26.2 Å². The number of nitrogens with one attached hydrogen (secondary N) is 1. The number of nitrogens with zero attached hydrogens (tertiary/aromatic N) is 1. The van der Waals surface area contributed by atoms with E-state index in [0.29, 0.717) is 51.7 Å². The highest BCUT2D eigenvalue weighted by molar-refractivity contribution is 5.76. The number of carbonyl (C=O) groups is 2. The van der Waals surface area contributed by atoms with Crippen molar-refractivity contribution in [2.45, 2.75) is 208 Å². The summed E-state index contributed by atoms with van der Waals surface area (Å²) >= 11 is 0. The molecular formula is C56H92N2O5. The number of allylic oxidation sites excluding steroid dienone is 2. The molecule has 16 atom stereocenters. The number of likely N-dealkylation sites (tertiary alicyclic amines) is 1. The number of amides is 1. The lowest BCUT2D eigenvalue weighted by molar-refractivity contribution is -0.137. The van der Waals surface area contributed by atoms with Gasteiger partial charge in [0.2, 0.25) is 5.91 Å². The van der Waals surface area contributed by atoms with Crippen LogP contribution in [0.4, 0.5) is 0 Å². The summed E-state index contributed by atoms with van der Waals surface area (Å²) in [5.41, 5.74) is 4.66. The minimum atomic E-state index is -0.650. The van der Waals surface area contributed by atoms with Crippen LogP contribution in [0, 0.1) is 80.8 Å². The molecule has 10 aliphatic rings. The van der Waals surface area contributed by atoms with Gasteiger partial charge in [0.05, 0.1) is 12.2 Å². The predicted molar refractivity (Wildman–Crippen MR) is 255 cm³/mol. The number of carboxylic acid groups (broad SMARTS) is 1. The van der Waals surface area contributed by atoms with Crippen molar-refractivity contribution >= 4 is 11.9 Å². The van der Waals surface area contributed by atoms with Gasteiger partial charge in [-0.05, 0) is 235 Å². The van der Waals surface area contributed by atoms with Crippen molar-refractivity contribution in [3.63, 3.8) is 0 Å². The molecule has 0 aromatic carbocycles. The highest BCUT2D eigenvalue weighted by Crippen LogP contribution is 2.69. The lowest BCUT2D eigenvalue weighted by atomic mass is 9.47. The first-order chi connectivity index (χ1) is 30.1. The van der Waals surface area contributed by atoms with E-state index in [1.165, 1.54) is 109 Å². The van der Waals surface area contributed by atoms with Crippen molar-refractivity contribution < 1.29 is 24.9 Å². The van der Waals surface area contributed by atoms with E-state index in [1.807, 2.05) is 0 Å². The predicted octanol–water partition coefficient (Wildman–Crippen LogP) is 11.8. The molecule has 0 aromatic rings. The molecule has 1 amide bonds. The third-order valence-electron chi connectivity index (χ3n) is 21.7. The molecule has 63 heavy (non-hydrogen) atoms. The Kier molecular flexibility index (Phi) is 14.8. The summed E-state index contributed by atoms with van der Waals surface area (Å²) in [5, 5.41) is 32.7. The van der Waals surface area contributed by atoms with Gasteiger partial charge in [-0.2, -0.15) is 0 Å². The minimum absolute atomic E-state index is 0.107. The van der Waals surface area contributed by atoms with Gasteiger partial charge < -0.3 is 25.5 Å². The zero-order valence-electron chi connectivity index (χ0n) is 41.0. The summed E-state index contributed by atoms with van der Waals surface area (Å²) in [6.45, 7) is 19.4. The zero-order chi connectivity index (χ0) is 44.7. The monoisotopic (exact) mass is 873 g/mol. The molecule has 0 unspecified atom stereocenters. The van der Waals surface area contributed by atoms with Crippen molar-refractivity contribution in [3.8, 4) is 0 Å². The maximum atomic E-state index is 12.6. The summed E-state index contributed by atoms with van der Waals surface area (Å²) in [6, 6.07) is 0. The fourth-order valence-corrected chi connectivity index (χ4v) is 18.1. The molecule has 6 saturated carbocycles. The third-order valence-corrected chi connectivity index (χ3v) is 21.7. The maximum absolute atomic E-state index is 12.6. The Morgan fingerprint density at radius 3 is 1.52 bits per heavy atom. The van der Waals surface area contributed by atoms with Gasteiger partial charge >= 0.3 is 5.97 Å². The van der Waals surface area contributed by atoms with Crippen LogP contribution in [-0.4, -0.2) is 70.5 Å². The third kappa shape index (κ3) is 9.32. The van der Waals surface area contributed by atoms with Gasteiger partial charge in [0.15, 0.2) is 0 Å². The van der Waals surface area contributed by atoms with Gasteiger partial charge in [-0.3, -0.25) is 9.59 Å². The molecule has 2 aliphatic heterocycles. The van der Waals surface area contributed by atoms with E-state index >= 15 is 0 Å². The molecule has 10 rings (SSSR count). The fraction of sp³-hybridized carbons (Fsp3) is 0.893. The number of aliphatic carboxylic acids is 1. The molecule has 0 bridgehead atoms. The van der Waals surface area contributed by atoms with Gasteiger partial charge in [0.25, 0.3) is 0 Å². The molecule has 2 heterocycles. The zero-order valence-corrected chi connectivity index (χ0v) is 41.0. The standard InChI is InChI=1S/C28H45NO2.C24H38O3.C4H9N/c1-19(6-11-26(31)29-16-4-5-17-29)23-9-10-24-22-8-7-20-18-21(30)12-14-27(20,2)25(22)13-15-28(23,24)3;1-15(4-9-22(26)27)19-7-8-20-18-6-5-16-14-17(25)10-12-23(16,2)21(18)11-13-24(19,20)3;1-2-4-5-3-1/h7,19,21-25,30H,4-6,8-18H2,1-3H3;5,15,17-21,25H,4,6-14H2,1-3H3,(H,26,27);5H,1-4H2/t19-,21+,22+,23-,24+,25+,27+,28-;15-,17+,18+,19-,20+,21+,23+,24-;/m11./s1. The second kappa shape index (κ2) is 19.5. The molecule has 7 nitrogen and oxygen atoms in total. The maximum Gasteiger partial charge on any atom is 0.303 e. The van der Waals surface area contributed by atoms with Crippen LogP contribution in [0.5, 0.6) is 0 Å². The molecule has 8 aliphatic carbocycles. The molecule has 0 radical (unpaired) electrons. The fourth-order valence-electron chi connectivity index (χ4n) is 18.1. The summed E-state index contributed by atoms with van der Waals surface area (Å²) in [5.74, 6) is 7.31. The number of carboxylic acids is 1. The first-order valence-corrected chi connectivity index (χ1v) is 27.0. The number of aliphatic hydroxyl groups is 2. The number of hydrogen-bond acceptors (Lipinski definition) is 5. The van der Waals surface area contributed by atoms with Gasteiger partial charge in [0.1, 0.15) is 0 Å². The Morgan fingerprint density at radius 2 is 1.10 bits per heavy atom. The van der Waals surface area contributed by atoms with Crippen molar-refractivity contribution in [2.24, 2.45) is 80.8 Å². The second-order valence-electron chi connectivity index (χ2n) is 24.7. The number of rotatable bonds is 8. The molecule has 0 aromatic heterocycles. The van der Waals surface area contributed by atoms with E-state index in [1.54, 1.807) is 11.1 Å². The van der Waals surface area contributed by atoms with E-state index in [9.17, 15) is 19.8 Å². The molecular weight excluding hydrogens is 781 g/mol. The molecule has 0 spiro atoms. The van der Waals surface area contributed by atoms with Crippen LogP contribution in [0.1, 0.15) is 196 Å². The van der Waals surface area contributed by atoms with Gasteiger partial charge in [-0.25, -0.2) is 0 Å². The topological polar surface area (TPSA) is 110 Å². The van der Waals surface area contributed by atoms with Gasteiger partial charge in [-0.15, -0.1) is 0 Å². The quantitative estimate of drug-likeness (QED) is 0.181. The SMILES string of the molecule is C1CCNC1.C[C@H](CCC(=O)N1CCCC1)[C@H]1CC[C@H]2[C@@H]3CC=C4C[C@@H](O)CC[C@]4(C)[C@H]3CC[C@]12C.C[C@H](CCC(=O)O)[C@H]1CC[C@H]2[C@@H]3CC=C4C[C@@H](O)CC[C@]4(C)[C@H]3CC[C@]12C. The Balaban J connectivity index is 0.000000157. The minimum Gasteiger partial charge on any atom is -0.481 e. The second-order valence-corrected chi connectivity index (χ2v) is 24.7. The first-order valence-electron chi connectivity index (χ1n) is 27.0. The Hall–Kier alpha value is -1.70. The summed E-state index contributed by atoms with van der Waals surface area (Å²) in [6.07, 6.45) is 32.3. The van der Waals surface area contributed by atoms with E-state index < -0.39 is 5.97 Å². The van der Waals surface area contributed by atoms with Crippen molar-refractivity contribution in [1.29, 1.82) is 0 Å². The van der Waals surface area contributed by atoms with Crippen LogP contribution < -0.4 is 5.32 Å². The van der Waals surface area contributed by atoms with E-state index in [4.69, 9.17) is 5.11 Å². The number of aliphatic hydroxyl groups excluding tert-OH is 2. The molecule has 356 valence electrons. The smallest absolute Gasteiger partial charge is 0.303 e. The lowest BCUT2D eigenvalue weighted by Gasteiger charge is -2.58. The molecule has 2 saturated heterocycles. The van der Waals surface area contributed by atoms with Crippen molar-refractivity contribution in [3.05, 3.63) is 23.3 Å². The van der Waals surface area contributed by atoms with Crippen LogP contribution in [0.15, 0.2) is 23.3 Å². The number of fused-ring (bicyclic) bond motifs is 10. The molecule has 4 N–H and O–H groups in total. The highest BCUT2D eigenvalue weighted by Gasteiger charge is 2.61. The Bertz CT molecular complexity index is 1660. The summed E-state index contributed by atoms with van der Waals surface area (Å²) in [7, 11) is 0. The van der Waals surface area contributed by atoms with Crippen LogP contribution >= 0.6 is 0 Å². The van der Waals surface area contributed by atoms with Crippen LogP contribution in [0.3, 0.4) is 0 Å². The van der Waals surface area contributed by atoms with E-state index in [-0.39, 0.29) is 12.2 Å². The number of hydrogen-bond donors (Lipinski definition) is 4. The van der Waals surface area contributed by atoms with Crippen LogP contribution in [-0.2, 0) is 9.59 Å². The lowest BCUT2D eigenvalue weighted by Crippen LogP contribution is -2.50. The van der Waals surface area contributed by atoms with Gasteiger partial charge in [-0.1, -0.05) is 64.8 Å². The molecule has 7 heteroatoms. The van der Waals surface area contributed by atoms with Crippen LogP contribution in [0.2, 0.25) is 0 Å². The van der Waals surface area contributed by atoms with Crippen LogP contribution in [0.25, 0.3) is 0 Å². The Labute approximate surface area is 383 Å². The Morgan fingerprint density at radius 1 is 0.635 bits per heavy atom. The largest absolute Gasteiger partial charge is 0.481 e. The normalized spacial score (nSPS) is 44.6. The van der Waals surface area contributed by atoms with E-state index in [0.717, 1.165) is 106 Å². The summed E-state index contributed by atoms with van der Waals surface area (Å²) in [4.78, 5) is 25.7. The van der Waals surface area contributed by atoms with E-state index in [2.05, 4.69) is 63.9 Å². The average Bonchev–Trinajstić information content (AvgIpc) is 4.11. The summed E-state index contributed by atoms with van der Waals surface area (Å²) < 4.78 is 0. The first kappa shape index (κ1) is 47.8. The average molecular weight is 873 g/mol.